The number of nitrogens with one attached hydrogen (secondary N) is 1. The molecule has 7 nitrogen and oxygen atoms in total. The zero-order valence-corrected chi connectivity index (χ0v) is 15.8. The van der Waals surface area contributed by atoms with E-state index >= 15 is 0 Å². The molecule has 1 saturated carbocycles. The van der Waals surface area contributed by atoms with Crippen molar-refractivity contribution in [3.8, 4) is 11.8 Å². The minimum Gasteiger partial charge on any atom is -0.381 e. The van der Waals surface area contributed by atoms with Crippen LogP contribution in [0.25, 0.3) is 16.7 Å². The number of nitrogens with zero attached hydrogens (tertiary/aromatic N) is 5. The third-order valence-corrected chi connectivity index (χ3v) is 6.52. The molecule has 150 valence electrons. The van der Waals surface area contributed by atoms with Gasteiger partial charge in [0.1, 0.15) is 5.69 Å². The standard InChI is InChI=1S/C20H20F2N6O/c21-20(22)11-13(20)1-2-14-15-16(26-25-14)24-18(28-9-6-23-17(15)28)27-7-3-19(4-8-27)5-10-29-12-19/h6,9,13H,3-5,7-8,10-12H2,(H,25,26). The van der Waals surface area contributed by atoms with E-state index in [1.54, 1.807) is 6.20 Å². The summed E-state index contributed by atoms with van der Waals surface area (Å²) in [5.41, 5.74) is 2.00. The van der Waals surface area contributed by atoms with E-state index < -0.39 is 11.8 Å². The fraction of sp³-hybridized carbons (Fsp3) is 0.550. The van der Waals surface area contributed by atoms with Crippen molar-refractivity contribution in [3.05, 3.63) is 18.1 Å². The lowest BCUT2D eigenvalue weighted by atomic mass is 9.78. The van der Waals surface area contributed by atoms with E-state index in [4.69, 9.17) is 9.72 Å². The highest BCUT2D eigenvalue weighted by Crippen LogP contribution is 2.48. The Balaban J connectivity index is 1.36. The van der Waals surface area contributed by atoms with Crippen molar-refractivity contribution < 1.29 is 13.5 Å². The summed E-state index contributed by atoms with van der Waals surface area (Å²) in [4.78, 5) is 11.5. The maximum atomic E-state index is 13.1. The number of imidazole rings is 1. The lowest BCUT2D eigenvalue weighted by Crippen LogP contribution is -2.41. The summed E-state index contributed by atoms with van der Waals surface area (Å²) in [6.07, 6.45) is 6.72. The van der Waals surface area contributed by atoms with Crippen molar-refractivity contribution in [3.63, 3.8) is 0 Å². The quantitative estimate of drug-likeness (QED) is 0.638. The van der Waals surface area contributed by atoms with E-state index in [1.807, 2.05) is 10.6 Å². The van der Waals surface area contributed by atoms with Gasteiger partial charge in [-0.05, 0) is 30.6 Å². The summed E-state index contributed by atoms with van der Waals surface area (Å²) < 4.78 is 33.9. The average Bonchev–Trinajstić information content (AvgIpc) is 3.21. The topological polar surface area (TPSA) is 71.3 Å². The number of aromatic amines is 1. The van der Waals surface area contributed by atoms with Gasteiger partial charge in [-0.25, -0.2) is 13.8 Å². The summed E-state index contributed by atoms with van der Waals surface area (Å²) in [6, 6.07) is 0. The highest BCUT2D eigenvalue weighted by molar-refractivity contribution is 5.94. The number of anilines is 1. The van der Waals surface area contributed by atoms with Crippen molar-refractivity contribution in [2.24, 2.45) is 11.3 Å². The van der Waals surface area contributed by atoms with Gasteiger partial charge in [-0.15, -0.1) is 0 Å². The largest absolute Gasteiger partial charge is 0.381 e. The van der Waals surface area contributed by atoms with Crippen LogP contribution < -0.4 is 4.90 Å². The monoisotopic (exact) mass is 398 g/mol. The van der Waals surface area contributed by atoms with Gasteiger partial charge in [0, 0.05) is 38.5 Å². The fourth-order valence-electron chi connectivity index (χ4n) is 4.49. The molecule has 0 radical (unpaired) electrons. The number of H-pyrrole nitrogens is 1. The van der Waals surface area contributed by atoms with Crippen LogP contribution in [0.3, 0.4) is 0 Å². The van der Waals surface area contributed by atoms with Gasteiger partial charge in [0.05, 0.1) is 17.9 Å². The number of aromatic nitrogens is 5. The molecule has 6 rings (SSSR count). The van der Waals surface area contributed by atoms with Crippen molar-refractivity contribution in [2.45, 2.75) is 31.6 Å². The molecule has 2 saturated heterocycles. The summed E-state index contributed by atoms with van der Waals surface area (Å²) in [5, 5.41) is 7.81. The van der Waals surface area contributed by atoms with Gasteiger partial charge in [0.15, 0.2) is 11.3 Å². The highest BCUT2D eigenvalue weighted by Gasteiger charge is 2.56. The molecular weight excluding hydrogens is 378 g/mol. The van der Waals surface area contributed by atoms with Gasteiger partial charge in [-0.2, -0.15) is 10.1 Å². The van der Waals surface area contributed by atoms with Crippen LogP contribution in [0.4, 0.5) is 14.7 Å². The Kier molecular flexibility index (Phi) is 3.48. The molecule has 0 amide bonds. The molecule has 0 aromatic carbocycles. The van der Waals surface area contributed by atoms with Crippen LogP contribution in [0.2, 0.25) is 0 Å². The Morgan fingerprint density at radius 2 is 2.07 bits per heavy atom. The van der Waals surface area contributed by atoms with E-state index in [9.17, 15) is 8.78 Å². The summed E-state index contributed by atoms with van der Waals surface area (Å²) in [5.74, 6) is 2.71. The van der Waals surface area contributed by atoms with Gasteiger partial charge in [0.25, 0.3) is 5.92 Å². The van der Waals surface area contributed by atoms with Gasteiger partial charge in [-0.3, -0.25) is 9.50 Å². The molecule has 3 aromatic rings. The summed E-state index contributed by atoms with van der Waals surface area (Å²) in [7, 11) is 0. The highest BCUT2D eigenvalue weighted by atomic mass is 19.3. The van der Waals surface area contributed by atoms with Crippen LogP contribution in [0, 0.1) is 23.2 Å². The number of rotatable bonds is 1. The first kappa shape index (κ1) is 17.2. The Bertz CT molecular complexity index is 1160. The molecule has 5 heterocycles. The summed E-state index contributed by atoms with van der Waals surface area (Å²) >= 11 is 0. The van der Waals surface area contributed by atoms with Crippen molar-refractivity contribution in [2.75, 3.05) is 31.2 Å². The minimum absolute atomic E-state index is 0.176. The molecular formula is C20H20F2N6O. The van der Waals surface area contributed by atoms with E-state index in [-0.39, 0.29) is 6.42 Å². The molecule has 1 spiro atoms. The number of fused-ring (bicyclic) bond motifs is 3. The number of hydrogen-bond donors (Lipinski definition) is 1. The molecule has 29 heavy (non-hydrogen) atoms. The molecule has 0 bridgehead atoms. The molecule has 1 N–H and O–H groups in total. The third kappa shape index (κ3) is 2.69. The Morgan fingerprint density at radius 1 is 1.24 bits per heavy atom. The van der Waals surface area contributed by atoms with Gasteiger partial charge < -0.3 is 9.64 Å². The second-order valence-electron chi connectivity index (χ2n) is 8.41. The van der Waals surface area contributed by atoms with Crippen molar-refractivity contribution in [1.82, 2.24) is 24.6 Å². The number of halogens is 2. The van der Waals surface area contributed by atoms with Crippen molar-refractivity contribution >= 4 is 22.6 Å². The number of piperidine rings is 1. The van der Waals surface area contributed by atoms with Gasteiger partial charge >= 0.3 is 0 Å². The average molecular weight is 398 g/mol. The maximum Gasteiger partial charge on any atom is 0.263 e. The van der Waals surface area contributed by atoms with E-state index in [1.165, 1.54) is 0 Å². The fourth-order valence-corrected chi connectivity index (χ4v) is 4.49. The molecule has 2 aliphatic heterocycles. The predicted molar refractivity (Wildman–Crippen MR) is 102 cm³/mol. The molecule has 9 heteroatoms. The Labute approximate surface area is 165 Å². The van der Waals surface area contributed by atoms with E-state index in [0.29, 0.717) is 27.8 Å². The van der Waals surface area contributed by atoms with Crippen LogP contribution in [0.5, 0.6) is 0 Å². The molecule has 3 aliphatic rings. The van der Waals surface area contributed by atoms with Crippen LogP contribution in [-0.2, 0) is 4.74 Å². The van der Waals surface area contributed by atoms with Crippen LogP contribution in [-0.4, -0.2) is 56.8 Å². The Morgan fingerprint density at radius 3 is 2.79 bits per heavy atom. The lowest BCUT2D eigenvalue weighted by molar-refractivity contribution is 0.109. The van der Waals surface area contributed by atoms with Crippen molar-refractivity contribution in [1.29, 1.82) is 0 Å². The van der Waals surface area contributed by atoms with Crippen LogP contribution in [0.1, 0.15) is 31.4 Å². The third-order valence-electron chi connectivity index (χ3n) is 6.52. The number of hydrogen-bond acceptors (Lipinski definition) is 5. The SMILES string of the molecule is FC1(F)CC1C#Cc1n[nH]c2nc(N3CCC4(CCOC4)CC3)n3ccnc3c12. The molecule has 1 unspecified atom stereocenters. The van der Waals surface area contributed by atoms with Crippen LogP contribution >= 0.6 is 0 Å². The first-order chi connectivity index (χ1) is 14.0. The predicted octanol–water partition coefficient (Wildman–Crippen LogP) is 2.62. The van der Waals surface area contributed by atoms with Crippen LogP contribution in [0.15, 0.2) is 12.4 Å². The normalized spacial score (nSPS) is 24.9. The second-order valence-corrected chi connectivity index (χ2v) is 8.41. The number of alkyl halides is 2. The zero-order chi connectivity index (χ0) is 19.6. The lowest BCUT2D eigenvalue weighted by Gasteiger charge is -2.38. The molecule has 1 aliphatic carbocycles. The minimum atomic E-state index is -2.66. The molecule has 3 aromatic heterocycles. The summed E-state index contributed by atoms with van der Waals surface area (Å²) in [6.45, 7) is 3.54. The van der Waals surface area contributed by atoms with Gasteiger partial charge in [0.2, 0.25) is 5.95 Å². The molecule has 1 atom stereocenters. The smallest absolute Gasteiger partial charge is 0.263 e. The van der Waals surface area contributed by atoms with E-state index in [0.717, 1.165) is 51.5 Å². The van der Waals surface area contributed by atoms with E-state index in [2.05, 4.69) is 31.9 Å². The first-order valence-electron chi connectivity index (χ1n) is 9.98. The maximum absolute atomic E-state index is 13.1. The number of ether oxygens (including phenoxy) is 1. The Hall–Kier alpha value is -2.73. The zero-order valence-electron chi connectivity index (χ0n) is 15.8. The first-order valence-corrected chi connectivity index (χ1v) is 9.98. The molecule has 3 fully saturated rings. The second kappa shape index (κ2) is 5.89. The van der Waals surface area contributed by atoms with Gasteiger partial charge in [-0.1, -0.05) is 5.92 Å².